The summed E-state index contributed by atoms with van der Waals surface area (Å²) in [5.74, 6) is 0.798. The number of alkyl halides is 1. The summed E-state index contributed by atoms with van der Waals surface area (Å²) in [4.78, 5) is 11.1. The first-order valence-electron chi connectivity index (χ1n) is 10.5. The molecule has 3 aromatic rings. The van der Waals surface area contributed by atoms with Gasteiger partial charge in [-0.15, -0.1) is 0 Å². The second-order valence-corrected chi connectivity index (χ2v) is 8.06. The predicted octanol–water partition coefficient (Wildman–Crippen LogP) is 3.30. The molecule has 2 aromatic heterocycles. The van der Waals surface area contributed by atoms with Gasteiger partial charge in [0.1, 0.15) is 17.7 Å². The SMILES string of the molecule is CCN(c1cnc(-c2ccc(-c3cn[nH]c3)cc2O)cn1)[C@H]1CC2CCC(N2)[C@H]1F. The van der Waals surface area contributed by atoms with Crippen molar-refractivity contribution in [3.05, 3.63) is 43.0 Å². The van der Waals surface area contributed by atoms with Crippen molar-refractivity contribution in [2.75, 3.05) is 11.4 Å². The standard InChI is InChI=1S/C22H25FN6O/c1-2-29(19-8-15-4-6-17(28-15)22(19)23)21-12-24-18(11-25-21)16-5-3-13(7-20(16)30)14-9-26-27-10-14/h3,5,7,9-12,15,17,19,22,28,30H,2,4,6,8H2,1H3,(H,26,27)/t15?,17?,19-,22+/m0/s1. The fourth-order valence-electron chi connectivity index (χ4n) is 4.79. The minimum absolute atomic E-state index is 0.0549. The van der Waals surface area contributed by atoms with Crippen LogP contribution in [0.1, 0.15) is 26.2 Å². The van der Waals surface area contributed by atoms with Crippen LogP contribution in [0.5, 0.6) is 5.75 Å². The van der Waals surface area contributed by atoms with E-state index in [0.717, 1.165) is 30.4 Å². The van der Waals surface area contributed by atoms with Gasteiger partial charge < -0.3 is 15.3 Å². The van der Waals surface area contributed by atoms with E-state index in [1.165, 1.54) is 0 Å². The van der Waals surface area contributed by atoms with E-state index >= 15 is 4.39 Å². The number of anilines is 1. The summed E-state index contributed by atoms with van der Waals surface area (Å²) < 4.78 is 15.0. The second-order valence-electron chi connectivity index (χ2n) is 8.06. The zero-order valence-electron chi connectivity index (χ0n) is 16.8. The van der Waals surface area contributed by atoms with Gasteiger partial charge in [0.15, 0.2) is 0 Å². The summed E-state index contributed by atoms with van der Waals surface area (Å²) in [6.45, 7) is 2.69. The number of phenolic OH excluding ortho intramolecular Hbond substituents is 1. The van der Waals surface area contributed by atoms with Gasteiger partial charge in [-0.3, -0.25) is 10.1 Å². The van der Waals surface area contributed by atoms with Crippen molar-refractivity contribution in [1.29, 1.82) is 0 Å². The number of rotatable bonds is 5. The molecular formula is C22H25FN6O. The number of nitrogens with zero attached hydrogens (tertiary/aromatic N) is 4. The number of H-pyrrole nitrogens is 1. The van der Waals surface area contributed by atoms with Crippen LogP contribution in [0.2, 0.25) is 0 Å². The van der Waals surface area contributed by atoms with Crippen molar-refractivity contribution >= 4 is 5.82 Å². The number of nitrogens with one attached hydrogen (secondary N) is 2. The van der Waals surface area contributed by atoms with Gasteiger partial charge in [-0.25, -0.2) is 9.37 Å². The molecule has 4 heterocycles. The van der Waals surface area contributed by atoms with E-state index < -0.39 is 6.17 Å². The van der Waals surface area contributed by atoms with Crippen LogP contribution in [0.15, 0.2) is 43.0 Å². The average Bonchev–Trinajstić information content (AvgIpc) is 3.44. The van der Waals surface area contributed by atoms with Gasteiger partial charge in [0.05, 0.1) is 30.3 Å². The highest BCUT2D eigenvalue weighted by atomic mass is 19.1. The largest absolute Gasteiger partial charge is 0.507 e. The minimum Gasteiger partial charge on any atom is -0.507 e. The normalized spacial score (nSPS) is 25.4. The molecular weight excluding hydrogens is 383 g/mol. The van der Waals surface area contributed by atoms with Crippen LogP contribution in [0.25, 0.3) is 22.4 Å². The quantitative estimate of drug-likeness (QED) is 0.600. The van der Waals surface area contributed by atoms with E-state index in [1.807, 2.05) is 24.0 Å². The number of hydrogen-bond donors (Lipinski definition) is 3. The van der Waals surface area contributed by atoms with E-state index in [0.29, 0.717) is 29.7 Å². The van der Waals surface area contributed by atoms with Crippen molar-refractivity contribution in [2.24, 2.45) is 0 Å². The van der Waals surface area contributed by atoms with Crippen molar-refractivity contribution in [3.63, 3.8) is 0 Å². The van der Waals surface area contributed by atoms with E-state index in [2.05, 4.69) is 25.5 Å². The van der Waals surface area contributed by atoms with Gasteiger partial charge in [-0.05, 0) is 43.9 Å². The molecule has 2 bridgehead atoms. The molecule has 7 nitrogen and oxygen atoms in total. The van der Waals surface area contributed by atoms with Crippen molar-refractivity contribution in [1.82, 2.24) is 25.5 Å². The van der Waals surface area contributed by atoms with Crippen LogP contribution in [-0.2, 0) is 0 Å². The van der Waals surface area contributed by atoms with Crippen LogP contribution in [0.4, 0.5) is 10.2 Å². The number of halogens is 1. The number of fused-ring (bicyclic) bond motifs is 2. The number of hydrogen-bond acceptors (Lipinski definition) is 6. The molecule has 2 saturated heterocycles. The van der Waals surface area contributed by atoms with E-state index in [4.69, 9.17) is 0 Å². The molecule has 4 atom stereocenters. The second kappa shape index (κ2) is 7.68. The Labute approximate surface area is 174 Å². The number of aromatic nitrogens is 4. The van der Waals surface area contributed by atoms with Crippen LogP contribution in [0, 0.1) is 0 Å². The number of phenols is 1. The van der Waals surface area contributed by atoms with Crippen LogP contribution in [0.3, 0.4) is 0 Å². The molecule has 3 N–H and O–H groups in total. The molecule has 0 radical (unpaired) electrons. The Bertz CT molecular complexity index is 1010. The monoisotopic (exact) mass is 408 g/mol. The molecule has 0 amide bonds. The molecule has 1 aromatic carbocycles. The lowest BCUT2D eigenvalue weighted by molar-refractivity contribution is 0.173. The van der Waals surface area contributed by atoms with E-state index in [1.54, 1.807) is 30.9 Å². The molecule has 8 heteroatoms. The Balaban J connectivity index is 1.38. The van der Waals surface area contributed by atoms with Crippen molar-refractivity contribution in [3.8, 4) is 28.1 Å². The number of aromatic amines is 1. The Morgan fingerprint density at radius 3 is 2.77 bits per heavy atom. The molecule has 156 valence electrons. The van der Waals surface area contributed by atoms with Gasteiger partial charge in [-0.2, -0.15) is 5.10 Å². The van der Waals surface area contributed by atoms with Gasteiger partial charge in [-0.1, -0.05) is 6.07 Å². The maximum Gasteiger partial charge on any atom is 0.147 e. The molecule has 2 fully saturated rings. The Kier molecular flexibility index (Phi) is 4.86. The lowest BCUT2D eigenvalue weighted by Crippen LogP contribution is -2.56. The molecule has 2 aliphatic heterocycles. The molecule has 0 saturated carbocycles. The van der Waals surface area contributed by atoms with Gasteiger partial charge in [0.2, 0.25) is 0 Å². The highest BCUT2D eigenvalue weighted by molar-refractivity contribution is 5.73. The molecule has 30 heavy (non-hydrogen) atoms. The summed E-state index contributed by atoms with van der Waals surface area (Å²) >= 11 is 0. The Hall–Kier alpha value is -3.00. The molecule has 0 spiro atoms. The highest BCUT2D eigenvalue weighted by Gasteiger charge is 2.44. The number of benzene rings is 1. The third-order valence-corrected chi connectivity index (χ3v) is 6.33. The first kappa shape index (κ1) is 19.0. The molecule has 2 unspecified atom stereocenters. The molecule has 2 aliphatic rings. The Morgan fingerprint density at radius 2 is 2.07 bits per heavy atom. The maximum atomic E-state index is 15.0. The number of aromatic hydroxyl groups is 1. The zero-order valence-corrected chi connectivity index (χ0v) is 16.8. The summed E-state index contributed by atoms with van der Waals surface area (Å²) in [5.41, 5.74) is 2.94. The lowest BCUT2D eigenvalue weighted by Gasteiger charge is -2.40. The number of piperidine rings is 1. The van der Waals surface area contributed by atoms with Crippen molar-refractivity contribution < 1.29 is 9.50 Å². The summed E-state index contributed by atoms with van der Waals surface area (Å²) in [6, 6.07) is 5.57. The first-order chi connectivity index (χ1) is 14.6. The van der Waals surface area contributed by atoms with E-state index in [9.17, 15) is 5.11 Å². The zero-order chi connectivity index (χ0) is 20.7. The van der Waals surface area contributed by atoms with Gasteiger partial charge in [0.25, 0.3) is 0 Å². The molecule has 5 rings (SSSR count). The predicted molar refractivity (Wildman–Crippen MR) is 113 cm³/mol. The smallest absolute Gasteiger partial charge is 0.147 e. The Morgan fingerprint density at radius 1 is 1.17 bits per heavy atom. The maximum absolute atomic E-state index is 15.0. The van der Waals surface area contributed by atoms with E-state index in [-0.39, 0.29) is 17.8 Å². The third kappa shape index (κ3) is 3.31. The van der Waals surface area contributed by atoms with Gasteiger partial charge >= 0.3 is 0 Å². The van der Waals surface area contributed by atoms with Crippen LogP contribution < -0.4 is 10.2 Å². The van der Waals surface area contributed by atoms with Crippen molar-refractivity contribution in [2.45, 2.75) is 50.5 Å². The fraction of sp³-hybridized carbons (Fsp3) is 0.409. The first-order valence-corrected chi connectivity index (χ1v) is 10.5. The summed E-state index contributed by atoms with van der Waals surface area (Å²) in [7, 11) is 0. The summed E-state index contributed by atoms with van der Waals surface area (Å²) in [6.07, 6.45) is 8.61. The highest BCUT2D eigenvalue weighted by Crippen LogP contribution is 2.35. The average molecular weight is 408 g/mol. The fourth-order valence-corrected chi connectivity index (χ4v) is 4.79. The summed E-state index contributed by atoms with van der Waals surface area (Å²) in [5, 5.41) is 20.6. The van der Waals surface area contributed by atoms with Crippen LogP contribution in [-0.4, -0.2) is 56.1 Å². The minimum atomic E-state index is -0.912. The topological polar surface area (TPSA) is 90.0 Å². The lowest BCUT2D eigenvalue weighted by atomic mass is 9.96. The third-order valence-electron chi connectivity index (χ3n) is 6.33. The van der Waals surface area contributed by atoms with Crippen LogP contribution >= 0.6 is 0 Å². The molecule has 0 aliphatic carbocycles. The van der Waals surface area contributed by atoms with Gasteiger partial charge in [0, 0.05) is 36.0 Å².